The number of fused-ring (bicyclic) bond motifs is 4. The quantitative estimate of drug-likeness (QED) is 0.393. The number of alkyl carbamates (subject to hydrolysis) is 1. The minimum absolute atomic E-state index is 0.0215. The van der Waals surface area contributed by atoms with Gasteiger partial charge < -0.3 is 24.7 Å². The lowest BCUT2D eigenvalue weighted by Crippen LogP contribution is -2.41. The van der Waals surface area contributed by atoms with Crippen LogP contribution in [0.2, 0.25) is 0 Å². The Morgan fingerprint density at radius 3 is 2.25 bits per heavy atom. The summed E-state index contributed by atoms with van der Waals surface area (Å²) in [5, 5.41) is 5.86. The van der Waals surface area contributed by atoms with Crippen LogP contribution in [-0.4, -0.2) is 43.5 Å². The molecule has 2 aliphatic heterocycles. The number of ether oxygens (including phenoxy) is 1. The molecule has 2 heterocycles. The third-order valence-corrected chi connectivity index (χ3v) is 8.48. The van der Waals surface area contributed by atoms with E-state index in [-0.39, 0.29) is 25.0 Å². The number of hydrogen-bond donors (Lipinski definition) is 2. The van der Waals surface area contributed by atoms with Gasteiger partial charge in [0.25, 0.3) is 0 Å². The fraction of sp³-hybridized carbons (Fsp3) is 0.312. The van der Waals surface area contributed by atoms with Gasteiger partial charge in [-0.2, -0.15) is 0 Å². The van der Waals surface area contributed by atoms with E-state index < -0.39 is 24.4 Å². The molecule has 204 valence electrons. The number of benzene rings is 3. The second-order valence-electron chi connectivity index (χ2n) is 11.6. The smallest absolute Gasteiger partial charge is 0.449 e. The maximum absolute atomic E-state index is 13.0. The highest BCUT2D eigenvalue weighted by Crippen LogP contribution is 2.44. The van der Waals surface area contributed by atoms with Crippen molar-refractivity contribution >= 4 is 30.9 Å². The summed E-state index contributed by atoms with van der Waals surface area (Å²) in [6.07, 6.45) is 1.76. The van der Waals surface area contributed by atoms with Crippen LogP contribution in [0, 0.1) is 0 Å². The van der Waals surface area contributed by atoms with E-state index in [1.165, 1.54) is 11.1 Å². The molecule has 3 aliphatic rings. The van der Waals surface area contributed by atoms with Crippen molar-refractivity contribution in [2.24, 2.45) is 0 Å². The number of rotatable bonds is 6. The predicted molar refractivity (Wildman–Crippen MR) is 156 cm³/mol. The zero-order valence-corrected chi connectivity index (χ0v) is 23.2. The highest BCUT2D eigenvalue weighted by atomic mass is 16.7. The van der Waals surface area contributed by atoms with Crippen LogP contribution in [0.3, 0.4) is 0 Å². The van der Waals surface area contributed by atoms with Crippen molar-refractivity contribution in [1.82, 2.24) is 5.32 Å². The average Bonchev–Trinajstić information content (AvgIpc) is 3.53. The fourth-order valence-electron chi connectivity index (χ4n) is 5.62. The number of para-hydroxylation sites is 1. The molecule has 0 radical (unpaired) electrons. The summed E-state index contributed by atoms with van der Waals surface area (Å²) in [6, 6.07) is 22.3. The minimum atomic E-state index is -0.674. The molecule has 1 saturated heterocycles. The molecule has 2 N–H and O–H groups in total. The van der Waals surface area contributed by atoms with E-state index >= 15 is 0 Å². The first-order valence-corrected chi connectivity index (χ1v) is 13.7. The molecule has 0 spiro atoms. The van der Waals surface area contributed by atoms with Crippen LogP contribution < -0.4 is 10.6 Å². The van der Waals surface area contributed by atoms with Crippen LogP contribution in [0.1, 0.15) is 55.9 Å². The van der Waals surface area contributed by atoms with Crippen LogP contribution >= 0.6 is 0 Å². The third-order valence-electron chi connectivity index (χ3n) is 8.48. The van der Waals surface area contributed by atoms with Gasteiger partial charge in [-0.15, -0.1) is 0 Å². The molecule has 0 bridgehead atoms. The van der Waals surface area contributed by atoms with Gasteiger partial charge in [0.15, 0.2) is 0 Å². The van der Waals surface area contributed by atoms with Gasteiger partial charge in [-0.05, 0) is 66.5 Å². The van der Waals surface area contributed by atoms with E-state index in [1.807, 2.05) is 76.2 Å². The maximum Gasteiger partial charge on any atom is 0.492 e. The molecule has 0 unspecified atom stereocenters. The Morgan fingerprint density at radius 1 is 0.975 bits per heavy atom. The molecule has 0 aromatic heterocycles. The van der Waals surface area contributed by atoms with E-state index in [0.29, 0.717) is 6.42 Å². The molecule has 3 aromatic rings. The Labute approximate surface area is 235 Å². The van der Waals surface area contributed by atoms with Crippen LogP contribution in [-0.2, 0) is 25.3 Å². The van der Waals surface area contributed by atoms with Crippen LogP contribution in [0.4, 0.5) is 10.5 Å². The Balaban J connectivity index is 1.20. The number of anilines is 1. The Kier molecular flexibility index (Phi) is 6.55. The first-order valence-electron chi connectivity index (χ1n) is 13.7. The SMILES string of the molecule is CC1(C)OB(C(=Cc2cccc3c2NC(=O)C3)CNC(=O)OCC2c3ccccc3-c3ccccc32)OC1(C)C. The molecule has 40 heavy (non-hydrogen) atoms. The summed E-state index contributed by atoms with van der Waals surface area (Å²) in [5.41, 5.74) is 6.87. The van der Waals surface area contributed by atoms with Gasteiger partial charge in [-0.3, -0.25) is 4.79 Å². The molecule has 3 aromatic carbocycles. The topological polar surface area (TPSA) is 85.9 Å². The van der Waals surface area contributed by atoms with Gasteiger partial charge in [0, 0.05) is 12.5 Å². The summed E-state index contributed by atoms with van der Waals surface area (Å²) in [5.74, 6) is -0.0587. The van der Waals surface area contributed by atoms with Gasteiger partial charge >= 0.3 is 13.2 Å². The van der Waals surface area contributed by atoms with Crippen molar-refractivity contribution in [3.63, 3.8) is 0 Å². The lowest BCUT2D eigenvalue weighted by molar-refractivity contribution is -0.115. The van der Waals surface area contributed by atoms with Crippen LogP contribution in [0.25, 0.3) is 17.2 Å². The molecular formula is C32H33BN2O5. The van der Waals surface area contributed by atoms with Gasteiger partial charge in [-0.25, -0.2) is 4.79 Å². The highest BCUT2D eigenvalue weighted by molar-refractivity contribution is 6.56. The summed E-state index contributed by atoms with van der Waals surface area (Å²) in [6.45, 7) is 8.35. The number of nitrogens with one attached hydrogen (secondary N) is 2. The number of amides is 2. The number of hydrogen-bond acceptors (Lipinski definition) is 5. The zero-order chi connectivity index (χ0) is 28.1. The van der Waals surface area contributed by atoms with Crippen LogP contribution in [0.15, 0.2) is 72.2 Å². The van der Waals surface area contributed by atoms with Crippen molar-refractivity contribution < 1.29 is 23.6 Å². The molecule has 0 atom stereocenters. The van der Waals surface area contributed by atoms with Gasteiger partial charge in [0.2, 0.25) is 5.91 Å². The number of carbonyl (C=O) groups excluding carboxylic acids is 2. The Hall–Kier alpha value is -3.88. The van der Waals surface area contributed by atoms with E-state index in [1.54, 1.807) is 0 Å². The van der Waals surface area contributed by atoms with Gasteiger partial charge in [-0.1, -0.05) is 72.8 Å². The van der Waals surface area contributed by atoms with Gasteiger partial charge in [0.05, 0.1) is 23.3 Å². The molecule has 8 heteroatoms. The summed E-state index contributed by atoms with van der Waals surface area (Å²) < 4.78 is 18.4. The second-order valence-corrected chi connectivity index (χ2v) is 11.6. The molecule has 6 rings (SSSR count). The summed E-state index contributed by atoms with van der Waals surface area (Å²) in [7, 11) is -0.674. The van der Waals surface area contributed by atoms with Gasteiger partial charge in [0.1, 0.15) is 6.61 Å². The Morgan fingerprint density at radius 2 is 1.60 bits per heavy atom. The molecule has 1 aliphatic carbocycles. The third kappa shape index (κ3) is 4.71. The van der Waals surface area contributed by atoms with Crippen molar-refractivity contribution in [2.75, 3.05) is 18.5 Å². The fourth-order valence-corrected chi connectivity index (χ4v) is 5.62. The molecule has 7 nitrogen and oxygen atoms in total. The predicted octanol–water partition coefficient (Wildman–Crippen LogP) is 5.73. The lowest BCUT2D eigenvalue weighted by atomic mass is 9.76. The van der Waals surface area contributed by atoms with Crippen LogP contribution in [0.5, 0.6) is 0 Å². The summed E-state index contributed by atoms with van der Waals surface area (Å²) >= 11 is 0. The highest BCUT2D eigenvalue weighted by Gasteiger charge is 2.52. The minimum Gasteiger partial charge on any atom is -0.449 e. The standard InChI is InChI=1S/C32H33BN2O5/c1-31(2)32(3,4)40-33(39-31)22(16-20-10-9-11-21-17-28(36)35-29(20)21)18-34-30(37)38-19-27-25-14-7-5-12-23(25)24-13-6-8-15-26(24)27/h5-16,27H,17-19H2,1-4H3,(H,34,37)(H,35,36). The first-order chi connectivity index (χ1) is 19.1. The molecular weight excluding hydrogens is 503 g/mol. The Bertz CT molecular complexity index is 1470. The van der Waals surface area contributed by atoms with E-state index in [0.717, 1.165) is 33.4 Å². The van der Waals surface area contributed by atoms with Crippen molar-refractivity contribution in [3.8, 4) is 11.1 Å². The van der Waals surface area contributed by atoms with E-state index in [2.05, 4.69) is 34.9 Å². The largest absolute Gasteiger partial charge is 0.492 e. The van der Waals surface area contributed by atoms with E-state index in [4.69, 9.17) is 14.0 Å². The van der Waals surface area contributed by atoms with Crippen molar-refractivity contribution in [2.45, 2.75) is 51.2 Å². The van der Waals surface area contributed by atoms with Crippen molar-refractivity contribution in [3.05, 3.63) is 94.5 Å². The first kappa shape index (κ1) is 26.4. The molecule has 2 amide bonds. The molecule has 0 saturated carbocycles. The summed E-state index contributed by atoms with van der Waals surface area (Å²) in [4.78, 5) is 25.0. The van der Waals surface area contributed by atoms with E-state index in [9.17, 15) is 9.59 Å². The monoisotopic (exact) mass is 536 g/mol. The van der Waals surface area contributed by atoms with Crippen molar-refractivity contribution in [1.29, 1.82) is 0 Å². The average molecular weight is 536 g/mol. The second kappa shape index (κ2) is 9.95. The lowest BCUT2D eigenvalue weighted by Gasteiger charge is -2.32. The number of carbonyl (C=O) groups is 2. The maximum atomic E-state index is 13.0. The zero-order valence-electron chi connectivity index (χ0n) is 23.2. The molecule has 1 fully saturated rings. The normalized spacial score (nSPS) is 18.6.